The highest BCUT2D eigenvalue weighted by Crippen LogP contribution is 2.28. The first-order valence-electron chi connectivity index (χ1n) is 10.8. The Labute approximate surface area is 209 Å². The van der Waals surface area contributed by atoms with Crippen molar-refractivity contribution in [3.63, 3.8) is 0 Å². The molecule has 0 radical (unpaired) electrons. The van der Waals surface area contributed by atoms with Crippen LogP contribution in [0.25, 0.3) is 22.5 Å². The number of fused-ring (bicyclic) bond motifs is 1. The van der Waals surface area contributed by atoms with Crippen LogP contribution in [0.3, 0.4) is 0 Å². The van der Waals surface area contributed by atoms with Crippen LogP contribution in [0.15, 0.2) is 55.0 Å². The van der Waals surface area contributed by atoms with Gasteiger partial charge in [0.15, 0.2) is 11.5 Å². The van der Waals surface area contributed by atoms with E-state index in [1.807, 2.05) is 32.0 Å². The second kappa shape index (κ2) is 8.86. The van der Waals surface area contributed by atoms with Crippen LogP contribution in [0.5, 0.6) is 0 Å². The number of aromatic nitrogens is 6. The number of nitro groups is 1. The van der Waals surface area contributed by atoms with Gasteiger partial charge in [-0.05, 0) is 50.1 Å². The lowest BCUT2D eigenvalue weighted by atomic mass is 10.1. The Morgan fingerprint density at radius 1 is 1.08 bits per heavy atom. The number of halogens is 1. The molecule has 0 fully saturated rings. The molecule has 12 heteroatoms. The molecule has 3 heterocycles. The van der Waals surface area contributed by atoms with E-state index in [1.54, 1.807) is 23.9 Å². The first-order valence-corrected chi connectivity index (χ1v) is 11.2. The van der Waals surface area contributed by atoms with Gasteiger partial charge in [-0.2, -0.15) is 14.9 Å². The van der Waals surface area contributed by atoms with Crippen LogP contribution >= 0.6 is 11.6 Å². The molecule has 1 amide bonds. The summed E-state index contributed by atoms with van der Waals surface area (Å²) in [4.78, 5) is 32.7. The van der Waals surface area contributed by atoms with E-state index >= 15 is 0 Å². The number of aryl methyl sites for hydroxylation is 2. The van der Waals surface area contributed by atoms with Crippen molar-refractivity contribution in [2.75, 3.05) is 5.32 Å². The summed E-state index contributed by atoms with van der Waals surface area (Å²) in [5.74, 6) is -0.0476. The van der Waals surface area contributed by atoms with Crippen LogP contribution in [0, 0.1) is 30.9 Å². The predicted octanol–water partition coefficient (Wildman–Crippen LogP) is 4.74. The number of nitro benzene ring substituents is 1. The van der Waals surface area contributed by atoms with Crippen molar-refractivity contribution in [1.82, 2.24) is 29.5 Å². The van der Waals surface area contributed by atoms with Gasteiger partial charge in [0.2, 0.25) is 0 Å². The monoisotopic (exact) mass is 502 g/mol. The molecule has 1 N–H and O–H groups in total. The van der Waals surface area contributed by atoms with Crippen LogP contribution in [0.4, 0.5) is 11.5 Å². The maximum atomic E-state index is 13.0. The van der Waals surface area contributed by atoms with Gasteiger partial charge in [0.05, 0.1) is 27.9 Å². The van der Waals surface area contributed by atoms with E-state index in [9.17, 15) is 14.9 Å². The molecular formula is C24H19ClN8O3. The fraction of sp³-hybridized carbons (Fsp3) is 0.125. The Balaban J connectivity index is 1.59. The number of hydrogen-bond acceptors (Lipinski definition) is 7. The number of amides is 1. The number of carbonyl (C=O) groups is 1. The summed E-state index contributed by atoms with van der Waals surface area (Å²) in [6.07, 6.45) is 3.03. The van der Waals surface area contributed by atoms with Crippen molar-refractivity contribution in [2.24, 2.45) is 0 Å². The molecule has 36 heavy (non-hydrogen) atoms. The summed E-state index contributed by atoms with van der Waals surface area (Å²) in [6.45, 7) is 5.79. The SMILES string of the molecule is Cc1cc(NC(=O)c2cc(Cl)ccc2[N+](=O)[O-])n(-c2ncnc3c2cnn3-c2cccc(C)c2C)n1. The van der Waals surface area contributed by atoms with Gasteiger partial charge in [-0.15, -0.1) is 0 Å². The molecule has 0 aliphatic heterocycles. The van der Waals surface area contributed by atoms with E-state index in [1.165, 1.54) is 29.2 Å². The Morgan fingerprint density at radius 2 is 1.89 bits per heavy atom. The third kappa shape index (κ3) is 3.95. The minimum atomic E-state index is -0.707. The molecule has 11 nitrogen and oxygen atoms in total. The summed E-state index contributed by atoms with van der Waals surface area (Å²) in [6, 6.07) is 11.4. The topological polar surface area (TPSA) is 134 Å². The van der Waals surface area contributed by atoms with Crippen LogP contribution in [-0.2, 0) is 0 Å². The van der Waals surface area contributed by atoms with Crippen molar-refractivity contribution in [3.8, 4) is 11.5 Å². The average Bonchev–Trinajstić information content (AvgIpc) is 3.43. The van der Waals surface area contributed by atoms with Crippen molar-refractivity contribution >= 4 is 40.0 Å². The number of rotatable bonds is 5. The standard InChI is InChI=1S/C24H19ClN8O3/c1-13-5-4-6-19(15(13)3)31-22-18(11-28-31)23(27-12-26-22)32-21(9-14(2)30-32)29-24(34)17-10-16(25)7-8-20(17)33(35)36/h4-12H,1-3H3,(H,29,34). The molecule has 180 valence electrons. The van der Waals surface area contributed by atoms with Gasteiger partial charge in [-0.25, -0.2) is 14.6 Å². The predicted molar refractivity (Wildman–Crippen MR) is 134 cm³/mol. The number of hydrogen-bond donors (Lipinski definition) is 1. The molecule has 0 aliphatic carbocycles. The van der Waals surface area contributed by atoms with Crippen LogP contribution in [0.1, 0.15) is 27.2 Å². The Hall–Kier alpha value is -4.64. The number of nitrogens with zero attached hydrogens (tertiary/aromatic N) is 7. The normalized spacial score (nSPS) is 11.1. The second-order valence-electron chi connectivity index (χ2n) is 8.17. The Morgan fingerprint density at radius 3 is 2.67 bits per heavy atom. The largest absolute Gasteiger partial charge is 0.306 e. The fourth-order valence-corrected chi connectivity index (χ4v) is 4.10. The minimum Gasteiger partial charge on any atom is -0.306 e. The Bertz CT molecular complexity index is 1670. The molecule has 0 aliphatic rings. The molecule has 3 aromatic heterocycles. The van der Waals surface area contributed by atoms with E-state index in [0.717, 1.165) is 16.8 Å². The fourth-order valence-electron chi connectivity index (χ4n) is 3.92. The van der Waals surface area contributed by atoms with Crippen molar-refractivity contribution in [2.45, 2.75) is 20.8 Å². The lowest BCUT2D eigenvalue weighted by molar-refractivity contribution is -0.385. The molecule has 0 bridgehead atoms. The van der Waals surface area contributed by atoms with Gasteiger partial charge in [0.25, 0.3) is 11.6 Å². The van der Waals surface area contributed by atoms with Gasteiger partial charge in [0, 0.05) is 17.2 Å². The van der Waals surface area contributed by atoms with E-state index in [0.29, 0.717) is 22.5 Å². The summed E-state index contributed by atoms with van der Waals surface area (Å²) in [5.41, 5.74) is 3.69. The molecule has 0 atom stereocenters. The molecule has 2 aromatic carbocycles. The van der Waals surface area contributed by atoms with Crippen LogP contribution < -0.4 is 5.32 Å². The summed E-state index contributed by atoms with van der Waals surface area (Å²) < 4.78 is 3.18. The highest BCUT2D eigenvalue weighted by atomic mass is 35.5. The Kier molecular flexibility index (Phi) is 5.69. The van der Waals surface area contributed by atoms with Crippen molar-refractivity contribution in [3.05, 3.63) is 92.5 Å². The van der Waals surface area contributed by atoms with Gasteiger partial charge in [-0.1, -0.05) is 23.7 Å². The lowest BCUT2D eigenvalue weighted by Gasteiger charge is -2.11. The van der Waals surface area contributed by atoms with Crippen LogP contribution in [-0.4, -0.2) is 40.4 Å². The molecule has 0 unspecified atom stereocenters. The zero-order valence-corrected chi connectivity index (χ0v) is 20.2. The number of benzene rings is 2. The number of anilines is 1. The molecule has 0 saturated carbocycles. The zero-order valence-electron chi connectivity index (χ0n) is 19.4. The van der Waals surface area contributed by atoms with Crippen molar-refractivity contribution < 1.29 is 9.72 Å². The van der Waals surface area contributed by atoms with E-state index in [4.69, 9.17) is 11.6 Å². The molecule has 0 saturated heterocycles. The van der Waals surface area contributed by atoms with E-state index in [-0.39, 0.29) is 22.1 Å². The van der Waals surface area contributed by atoms with E-state index < -0.39 is 10.8 Å². The van der Waals surface area contributed by atoms with E-state index in [2.05, 4.69) is 25.5 Å². The summed E-state index contributed by atoms with van der Waals surface area (Å²) in [5, 5.41) is 24.0. The minimum absolute atomic E-state index is 0.173. The highest BCUT2D eigenvalue weighted by Gasteiger charge is 2.23. The highest BCUT2D eigenvalue weighted by molar-refractivity contribution is 6.31. The second-order valence-corrected chi connectivity index (χ2v) is 8.60. The molecule has 5 rings (SSSR count). The van der Waals surface area contributed by atoms with Gasteiger partial charge in [-0.3, -0.25) is 14.9 Å². The quantitative estimate of drug-likeness (QED) is 0.271. The maximum Gasteiger partial charge on any atom is 0.282 e. The van der Waals surface area contributed by atoms with Gasteiger partial charge in [0.1, 0.15) is 17.7 Å². The summed E-state index contributed by atoms with van der Waals surface area (Å²) >= 11 is 5.99. The molecule has 0 spiro atoms. The number of carbonyl (C=O) groups excluding carboxylic acids is 1. The number of nitrogens with one attached hydrogen (secondary N) is 1. The van der Waals surface area contributed by atoms with Crippen molar-refractivity contribution in [1.29, 1.82) is 0 Å². The van der Waals surface area contributed by atoms with Crippen LogP contribution in [0.2, 0.25) is 5.02 Å². The van der Waals surface area contributed by atoms with Gasteiger partial charge >= 0.3 is 0 Å². The molecule has 5 aromatic rings. The zero-order chi connectivity index (χ0) is 25.6. The smallest absolute Gasteiger partial charge is 0.282 e. The first kappa shape index (κ1) is 23.1. The summed E-state index contributed by atoms with van der Waals surface area (Å²) in [7, 11) is 0. The maximum absolute atomic E-state index is 13.0. The van der Waals surface area contributed by atoms with Gasteiger partial charge < -0.3 is 5.32 Å². The first-order chi connectivity index (χ1) is 17.2. The molecular weight excluding hydrogens is 484 g/mol. The third-order valence-corrected chi connectivity index (χ3v) is 6.06. The third-order valence-electron chi connectivity index (χ3n) is 5.82. The lowest BCUT2D eigenvalue weighted by Crippen LogP contribution is -2.17. The average molecular weight is 503 g/mol.